The van der Waals surface area contributed by atoms with E-state index in [1.54, 1.807) is 6.08 Å². The van der Waals surface area contributed by atoms with Crippen LogP contribution in [0.1, 0.15) is 24.2 Å². The van der Waals surface area contributed by atoms with Gasteiger partial charge in [-0.3, -0.25) is 4.79 Å². The van der Waals surface area contributed by atoms with Gasteiger partial charge in [0.2, 0.25) is 5.91 Å². The van der Waals surface area contributed by atoms with Crippen LogP contribution in [0.3, 0.4) is 0 Å². The molecule has 174 valence electrons. The molecule has 1 unspecified atom stereocenters. The van der Waals surface area contributed by atoms with E-state index in [0.717, 1.165) is 52.0 Å². The Hall–Kier alpha value is -3.64. The lowest BCUT2D eigenvalue weighted by molar-refractivity contribution is -0.111. The van der Waals surface area contributed by atoms with Gasteiger partial charge in [-0.05, 0) is 81.9 Å². The number of benzene rings is 2. The Labute approximate surface area is 199 Å². The standard InChI is InChI=1S/C28H30N4O2/c1-19-15-27(32-14-6-8-22(18-32)31(2)3)30-25-12-10-21(17-24(19)25)29-28(33)13-11-23-16-20-7-4-5-9-26(20)34-23/h4-5,7,9-13,15-17,22H,6,8,14,18H2,1-3H3,(H,29,33)/b13-11+. The number of furan rings is 1. The molecule has 1 saturated heterocycles. The molecule has 0 radical (unpaired) electrons. The van der Waals surface area contributed by atoms with Crippen molar-refractivity contribution in [3.05, 3.63) is 72.0 Å². The Morgan fingerprint density at radius 3 is 2.85 bits per heavy atom. The molecule has 0 spiro atoms. The highest BCUT2D eigenvalue weighted by Crippen LogP contribution is 2.27. The molecule has 1 fully saturated rings. The zero-order valence-electron chi connectivity index (χ0n) is 19.9. The summed E-state index contributed by atoms with van der Waals surface area (Å²) in [5, 5.41) is 5.01. The van der Waals surface area contributed by atoms with Crippen molar-refractivity contribution in [3.63, 3.8) is 0 Å². The molecule has 2 aromatic carbocycles. The molecule has 4 aromatic rings. The number of nitrogens with zero attached hydrogens (tertiary/aromatic N) is 3. The van der Waals surface area contributed by atoms with Crippen LogP contribution in [-0.4, -0.2) is 49.0 Å². The first-order valence-corrected chi connectivity index (χ1v) is 11.8. The molecular weight excluding hydrogens is 424 g/mol. The summed E-state index contributed by atoms with van der Waals surface area (Å²) in [7, 11) is 4.30. The van der Waals surface area contributed by atoms with Crippen molar-refractivity contribution in [2.24, 2.45) is 0 Å². The molecule has 0 saturated carbocycles. The van der Waals surface area contributed by atoms with Crippen molar-refractivity contribution in [1.29, 1.82) is 0 Å². The molecule has 1 atom stereocenters. The van der Waals surface area contributed by atoms with Crippen LogP contribution in [0.25, 0.3) is 27.9 Å². The predicted molar refractivity (Wildman–Crippen MR) is 139 cm³/mol. The van der Waals surface area contributed by atoms with E-state index in [9.17, 15) is 4.79 Å². The third-order valence-corrected chi connectivity index (χ3v) is 6.56. The Bertz CT molecular complexity index is 1340. The van der Waals surface area contributed by atoms with Gasteiger partial charge in [-0.2, -0.15) is 0 Å². The van der Waals surface area contributed by atoms with Crippen LogP contribution >= 0.6 is 0 Å². The van der Waals surface area contributed by atoms with E-state index in [0.29, 0.717) is 11.8 Å². The van der Waals surface area contributed by atoms with Crippen molar-refractivity contribution < 1.29 is 9.21 Å². The van der Waals surface area contributed by atoms with Gasteiger partial charge in [0.05, 0.1) is 5.52 Å². The van der Waals surface area contributed by atoms with Gasteiger partial charge in [-0.1, -0.05) is 18.2 Å². The number of carbonyl (C=O) groups is 1. The average Bonchev–Trinajstić information content (AvgIpc) is 3.26. The van der Waals surface area contributed by atoms with Crippen molar-refractivity contribution in [3.8, 4) is 0 Å². The second-order valence-electron chi connectivity index (χ2n) is 9.24. The fourth-order valence-electron chi connectivity index (χ4n) is 4.63. The first-order chi connectivity index (χ1) is 16.5. The van der Waals surface area contributed by atoms with Crippen molar-refractivity contribution in [2.75, 3.05) is 37.4 Å². The first-order valence-electron chi connectivity index (χ1n) is 11.8. The lowest BCUT2D eigenvalue weighted by atomic mass is 10.0. The SMILES string of the molecule is Cc1cc(N2CCCC(N(C)C)C2)nc2ccc(NC(=O)/C=C/c3cc4ccccc4o3)cc12. The molecule has 6 nitrogen and oxygen atoms in total. The van der Waals surface area contributed by atoms with E-state index in [1.165, 1.54) is 18.9 Å². The van der Waals surface area contributed by atoms with Crippen LogP contribution in [0, 0.1) is 6.92 Å². The maximum atomic E-state index is 12.5. The van der Waals surface area contributed by atoms with E-state index < -0.39 is 0 Å². The minimum Gasteiger partial charge on any atom is -0.457 e. The van der Waals surface area contributed by atoms with Crippen LogP contribution in [0.2, 0.25) is 0 Å². The molecule has 1 aliphatic heterocycles. The summed E-state index contributed by atoms with van der Waals surface area (Å²) in [5.74, 6) is 1.48. The number of anilines is 2. The molecule has 1 aliphatic rings. The number of pyridine rings is 1. The summed E-state index contributed by atoms with van der Waals surface area (Å²) in [4.78, 5) is 22.1. The molecule has 1 amide bonds. The van der Waals surface area contributed by atoms with Gasteiger partial charge in [-0.25, -0.2) is 4.98 Å². The summed E-state index contributed by atoms with van der Waals surface area (Å²) in [6, 6.07) is 18.3. The lowest BCUT2D eigenvalue weighted by Gasteiger charge is -2.37. The highest BCUT2D eigenvalue weighted by Gasteiger charge is 2.22. The van der Waals surface area contributed by atoms with E-state index in [2.05, 4.69) is 42.2 Å². The normalized spacial score (nSPS) is 16.7. The van der Waals surface area contributed by atoms with E-state index >= 15 is 0 Å². The third kappa shape index (κ3) is 4.68. The van der Waals surface area contributed by atoms with Gasteiger partial charge in [0.1, 0.15) is 17.2 Å². The molecular formula is C28H30N4O2. The Kier molecular flexibility index (Phi) is 6.07. The number of para-hydroxylation sites is 1. The quantitative estimate of drug-likeness (QED) is 0.405. The number of hydrogen-bond donors (Lipinski definition) is 1. The summed E-state index contributed by atoms with van der Waals surface area (Å²) in [6.45, 7) is 4.14. The smallest absolute Gasteiger partial charge is 0.248 e. The summed E-state index contributed by atoms with van der Waals surface area (Å²) >= 11 is 0. The fourth-order valence-corrected chi connectivity index (χ4v) is 4.63. The zero-order chi connectivity index (χ0) is 23.7. The molecule has 34 heavy (non-hydrogen) atoms. The number of hydrogen-bond acceptors (Lipinski definition) is 5. The summed E-state index contributed by atoms with van der Waals surface area (Å²) < 4.78 is 5.74. The maximum absolute atomic E-state index is 12.5. The minimum absolute atomic E-state index is 0.204. The van der Waals surface area contributed by atoms with Gasteiger partial charge in [0.15, 0.2) is 0 Å². The van der Waals surface area contributed by atoms with E-state index in [1.807, 2.05) is 48.5 Å². The largest absolute Gasteiger partial charge is 0.457 e. The molecule has 6 heteroatoms. The fraction of sp³-hybridized carbons (Fsp3) is 0.286. The average molecular weight is 455 g/mol. The third-order valence-electron chi connectivity index (χ3n) is 6.56. The van der Waals surface area contributed by atoms with Crippen molar-refractivity contribution in [2.45, 2.75) is 25.8 Å². The van der Waals surface area contributed by atoms with Crippen molar-refractivity contribution in [1.82, 2.24) is 9.88 Å². The van der Waals surface area contributed by atoms with Crippen molar-refractivity contribution >= 4 is 45.4 Å². The number of amides is 1. The molecule has 0 aliphatic carbocycles. The van der Waals surface area contributed by atoms with Gasteiger partial charge in [0, 0.05) is 41.7 Å². The number of rotatable bonds is 5. The monoisotopic (exact) mass is 454 g/mol. The maximum Gasteiger partial charge on any atom is 0.248 e. The van der Waals surface area contributed by atoms with Gasteiger partial charge in [0.25, 0.3) is 0 Å². The minimum atomic E-state index is -0.204. The first kappa shape index (κ1) is 22.2. The van der Waals surface area contributed by atoms with Crippen LogP contribution in [0.5, 0.6) is 0 Å². The van der Waals surface area contributed by atoms with Crippen LogP contribution < -0.4 is 10.2 Å². The topological polar surface area (TPSA) is 61.6 Å². The highest BCUT2D eigenvalue weighted by molar-refractivity contribution is 6.03. The molecule has 1 N–H and O–H groups in total. The lowest BCUT2D eigenvalue weighted by Crippen LogP contribution is -2.45. The number of nitrogens with one attached hydrogen (secondary N) is 1. The number of aromatic nitrogens is 1. The molecule has 3 heterocycles. The number of fused-ring (bicyclic) bond motifs is 2. The summed E-state index contributed by atoms with van der Waals surface area (Å²) in [5.41, 5.74) is 3.65. The number of likely N-dealkylation sites (N-methyl/N-ethyl adjacent to an activating group) is 1. The second kappa shape index (κ2) is 9.31. The molecule has 2 aromatic heterocycles. The second-order valence-corrected chi connectivity index (χ2v) is 9.24. The number of carbonyl (C=O) groups excluding carboxylic acids is 1. The van der Waals surface area contributed by atoms with E-state index in [4.69, 9.17) is 9.40 Å². The zero-order valence-corrected chi connectivity index (χ0v) is 19.9. The van der Waals surface area contributed by atoms with Gasteiger partial charge in [-0.15, -0.1) is 0 Å². The van der Waals surface area contributed by atoms with Crippen LogP contribution in [-0.2, 0) is 4.79 Å². The predicted octanol–water partition coefficient (Wildman–Crippen LogP) is 5.47. The van der Waals surface area contributed by atoms with Crippen LogP contribution in [0.4, 0.5) is 11.5 Å². The molecule has 5 rings (SSSR count). The Morgan fingerprint density at radius 1 is 1.18 bits per heavy atom. The molecule has 0 bridgehead atoms. The van der Waals surface area contributed by atoms with Gasteiger partial charge < -0.3 is 19.5 Å². The van der Waals surface area contributed by atoms with Crippen LogP contribution in [0.15, 0.2) is 65.1 Å². The highest BCUT2D eigenvalue weighted by atomic mass is 16.3. The Morgan fingerprint density at radius 2 is 2.03 bits per heavy atom. The van der Waals surface area contributed by atoms with Gasteiger partial charge >= 0.3 is 0 Å². The van der Waals surface area contributed by atoms with E-state index in [-0.39, 0.29) is 5.91 Å². The number of piperidine rings is 1. The summed E-state index contributed by atoms with van der Waals surface area (Å²) in [6.07, 6.45) is 5.58. The number of aryl methyl sites for hydroxylation is 1. The Balaban J connectivity index is 1.31.